The largest absolute Gasteiger partial charge is 0.369 e. The van der Waals surface area contributed by atoms with Crippen LogP contribution in [0.15, 0.2) is 48.5 Å². The Labute approximate surface area is 144 Å². The van der Waals surface area contributed by atoms with E-state index in [-0.39, 0.29) is 17.9 Å². The van der Waals surface area contributed by atoms with E-state index in [2.05, 4.69) is 24.0 Å². The first-order valence-corrected chi connectivity index (χ1v) is 8.94. The third-order valence-electron chi connectivity index (χ3n) is 4.72. The Morgan fingerprint density at radius 3 is 2.79 bits per heavy atom. The number of carbonyl (C=O) groups is 1. The molecule has 4 nitrogen and oxygen atoms in total. The van der Waals surface area contributed by atoms with E-state index in [1.54, 1.807) is 11.3 Å². The maximum absolute atomic E-state index is 11.8. The van der Waals surface area contributed by atoms with Crippen molar-refractivity contribution in [3.8, 4) is 0 Å². The van der Waals surface area contributed by atoms with Gasteiger partial charge < -0.3 is 10.6 Å². The molecule has 0 radical (unpaired) electrons. The Morgan fingerprint density at radius 1 is 1.25 bits per heavy atom. The lowest BCUT2D eigenvalue weighted by Gasteiger charge is -2.39. The number of benzene rings is 2. The van der Waals surface area contributed by atoms with Gasteiger partial charge >= 0.3 is 0 Å². The number of fused-ring (bicyclic) bond motifs is 2. The number of hydrogen-bond donors (Lipinski definition) is 1. The summed E-state index contributed by atoms with van der Waals surface area (Å²) in [5, 5.41) is 1.09. The van der Waals surface area contributed by atoms with Crippen LogP contribution >= 0.6 is 11.3 Å². The molecule has 0 saturated heterocycles. The molecule has 2 N–H and O–H groups in total. The van der Waals surface area contributed by atoms with Crippen molar-refractivity contribution in [3.63, 3.8) is 0 Å². The molecule has 3 aromatic rings. The molecule has 1 aromatic heterocycles. The van der Waals surface area contributed by atoms with Gasteiger partial charge in [-0.2, -0.15) is 0 Å². The van der Waals surface area contributed by atoms with Gasteiger partial charge in [0, 0.05) is 11.7 Å². The van der Waals surface area contributed by atoms with E-state index in [1.807, 2.05) is 36.4 Å². The highest BCUT2D eigenvalue weighted by Gasteiger charge is 2.33. The number of anilines is 1. The first-order valence-electron chi connectivity index (χ1n) is 8.13. The number of hydrogen-bond acceptors (Lipinski definition) is 4. The lowest BCUT2D eigenvalue weighted by atomic mass is 9.85. The molecule has 1 aliphatic heterocycles. The third-order valence-corrected chi connectivity index (χ3v) is 5.74. The van der Waals surface area contributed by atoms with Gasteiger partial charge in [0.15, 0.2) is 0 Å². The number of primary amides is 1. The van der Waals surface area contributed by atoms with E-state index < -0.39 is 0 Å². The lowest BCUT2D eigenvalue weighted by Crippen LogP contribution is -2.41. The van der Waals surface area contributed by atoms with Crippen LogP contribution in [0, 0.1) is 0 Å². The molecular formula is C19H19N3OS. The predicted molar refractivity (Wildman–Crippen MR) is 98.3 cm³/mol. The van der Waals surface area contributed by atoms with E-state index in [1.165, 1.54) is 4.70 Å². The summed E-state index contributed by atoms with van der Waals surface area (Å²) in [5.74, 6) is -0.447. The molecule has 1 aliphatic rings. The minimum absolute atomic E-state index is 0.206. The minimum Gasteiger partial charge on any atom is -0.369 e. The number of aromatic nitrogens is 1. The Kier molecular flexibility index (Phi) is 3.73. The predicted octanol–water partition coefficient (Wildman–Crippen LogP) is 3.66. The number of nitrogens with zero attached hydrogens (tertiary/aromatic N) is 2. The van der Waals surface area contributed by atoms with Crippen molar-refractivity contribution >= 4 is 33.1 Å². The third kappa shape index (κ3) is 2.55. The Morgan fingerprint density at radius 2 is 2.00 bits per heavy atom. The molecule has 5 heteroatoms. The Balaban J connectivity index is 1.71. The molecular weight excluding hydrogens is 318 g/mol. The standard InChI is InChI=1S/C19H19N3OS/c1-12-10-14(19(20)23)13-6-2-4-8-16(13)22(12)11-18-21-15-7-3-5-9-17(15)24-18/h2-9,12,14H,10-11H2,1H3,(H2,20,23)/t12-,14+/m0/s1. The quantitative estimate of drug-likeness (QED) is 0.793. The fraction of sp³-hybridized carbons (Fsp3) is 0.263. The molecule has 24 heavy (non-hydrogen) atoms. The summed E-state index contributed by atoms with van der Waals surface area (Å²) in [5.41, 5.74) is 8.80. The number of carbonyl (C=O) groups excluding carboxylic acids is 1. The SMILES string of the molecule is C[C@H]1C[C@@H](C(N)=O)c2ccccc2N1Cc1nc2ccccc2s1. The average molecular weight is 337 g/mol. The second kappa shape index (κ2) is 5.91. The molecule has 0 aliphatic carbocycles. The summed E-state index contributed by atoms with van der Waals surface area (Å²) in [7, 11) is 0. The zero-order chi connectivity index (χ0) is 16.7. The van der Waals surface area contributed by atoms with Gasteiger partial charge in [0.25, 0.3) is 0 Å². The normalized spacial score (nSPS) is 20.1. The molecule has 0 unspecified atom stereocenters. The van der Waals surface area contributed by atoms with Gasteiger partial charge in [0.2, 0.25) is 5.91 Å². The van der Waals surface area contributed by atoms with Crippen LogP contribution in [0.2, 0.25) is 0 Å². The number of para-hydroxylation sites is 2. The summed E-state index contributed by atoms with van der Waals surface area (Å²) in [6, 6.07) is 16.5. The summed E-state index contributed by atoms with van der Waals surface area (Å²) in [6.07, 6.45) is 0.747. The molecule has 0 fully saturated rings. The van der Waals surface area contributed by atoms with Crippen LogP contribution in [-0.4, -0.2) is 16.9 Å². The van der Waals surface area contributed by atoms with Crippen molar-refractivity contribution < 1.29 is 4.79 Å². The highest BCUT2D eigenvalue weighted by Crippen LogP contribution is 2.39. The topological polar surface area (TPSA) is 59.2 Å². The van der Waals surface area contributed by atoms with Crippen molar-refractivity contribution in [1.82, 2.24) is 4.98 Å². The number of nitrogens with two attached hydrogens (primary N) is 1. The van der Waals surface area contributed by atoms with Crippen LogP contribution in [0.25, 0.3) is 10.2 Å². The van der Waals surface area contributed by atoms with Gasteiger partial charge in [-0.05, 0) is 37.1 Å². The molecule has 2 heterocycles. The molecule has 4 rings (SSSR count). The smallest absolute Gasteiger partial charge is 0.225 e. The molecule has 0 spiro atoms. The van der Waals surface area contributed by atoms with Gasteiger partial charge in [0.05, 0.1) is 22.7 Å². The Bertz CT molecular complexity index is 871. The number of amides is 1. The van der Waals surface area contributed by atoms with E-state index in [0.29, 0.717) is 0 Å². The van der Waals surface area contributed by atoms with Crippen molar-refractivity contribution in [2.45, 2.75) is 31.8 Å². The molecule has 2 atom stereocenters. The molecule has 2 aromatic carbocycles. The van der Waals surface area contributed by atoms with Crippen molar-refractivity contribution in [3.05, 3.63) is 59.1 Å². The minimum atomic E-state index is -0.242. The average Bonchev–Trinajstić information content (AvgIpc) is 2.99. The van der Waals surface area contributed by atoms with E-state index in [4.69, 9.17) is 10.7 Å². The van der Waals surface area contributed by atoms with E-state index >= 15 is 0 Å². The first-order chi connectivity index (χ1) is 11.6. The maximum atomic E-state index is 11.8. The van der Waals surface area contributed by atoms with Crippen molar-refractivity contribution in [1.29, 1.82) is 0 Å². The monoisotopic (exact) mass is 337 g/mol. The molecule has 122 valence electrons. The van der Waals surface area contributed by atoms with Gasteiger partial charge in [-0.15, -0.1) is 11.3 Å². The van der Waals surface area contributed by atoms with Crippen molar-refractivity contribution in [2.24, 2.45) is 5.73 Å². The molecule has 0 bridgehead atoms. The van der Waals surface area contributed by atoms with Gasteiger partial charge in [-0.25, -0.2) is 4.98 Å². The fourth-order valence-electron chi connectivity index (χ4n) is 3.52. The highest BCUT2D eigenvalue weighted by molar-refractivity contribution is 7.18. The van der Waals surface area contributed by atoms with E-state index in [9.17, 15) is 4.79 Å². The highest BCUT2D eigenvalue weighted by atomic mass is 32.1. The van der Waals surface area contributed by atoms with Crippen LogP contribution in [0.1, 0.15) is 29.8 Å². The number of rotatable bonds is 3. The second-order valence-corrected chi connectivity index (χ2v) is 7.42. The first kappa shape index (κ1) is 15.1. The van der Waals surface area contributed by atoms with Gasteiger partial charge in [0.1, 0.15) is 5.01 Å². The lowest BCUT2D eigenvalue weighted by molar-refractivity contribution is -0.119. The van der Waals surface area contributed by atoms with Gasteiger partial charge in [-0.1, -0.05) is 30.3 Å². The van der Waals surface area contributed by atoms with Crippen molar-refractivity contribution in [2.75, 3.05) is 4.90 Å². The number of thiazole rings is 1. The van der Waals surface area contributed by atoms with Crippen LogP contribution in [0.4, 0.5) is 5.69 Å². The maximum Gasteiger partial charge on any atom is 0.225 e. The van der Waals surface area contributed by atoms with Crippen LogP contribution < -0.4 is 10.6 Å². The summed E-state index contributed by atoms with van der Waals surface area (Å²) >= 11 is 1.73. The molecule has 0 saturated carbocycles. The summed E-state index contributed by atoms with van der Waals surface area (Å²) < 4.78 is 1.21. The zero-order valence-electron chi connectivity index (χ0n) is 13.5. The zero-order valence-corrected chi connectivity index (χ0v) is 14.3. The van der Waals surface area contributed by atoms with Gasteiger partial charge in [-0.3, -0.25) is 4.79 Å². The Hall–Kier alpha value is -2.40. The fourth-order valence-corrected chi connectivity index (χ4v) is 4.49. The van der Waals surface area contributed by atoms with Crippen LogP contribution in [0.3, 0.4) is 0 Å². The summed E-state index contributed by atoms with van der Waals surface area (Å²) in [4.78, 5) is 18.9. The summed E-state index contributed by atoms with van der Waals surface area (Å²) in [6.45, 7) is 2.90. The van der Waals surface area contributed by atoms with Crippen LogP contribution in [0.5, 0.6) is 0 Å². The van der Waals surface area contributed by atoms with E-state index in [0.717, 1.165) is 34.7 Å². The van der Waals surface area contributed by atoms with Crippen LogP contribution in [-0.2, 0) is 11.3 Å². The molecule has 1 amide bonds. The second-order valence-electron chi connectivity index (χ2n) is 6.30.